The standard InChI is InChI=1S/C61H83N11O14/c1-6-8-20-42-54(79)66-44(23-15-16-30-63-53(78)45(72-60(85)86-61(3,4)5)28-29-50(74)65-47(57(82)67-42)32-37-24-26-39(73)27-25-37)56(81)70-48(33-38-35-64-41-22-14-13-19-40(38)41)58(83)68-43(21-9-7-2)55(80)71-49(34-51(75)76)59(84)69-46(52(62)77)31-36-17-11-10-12-18-36/h10-14,17-19,22,24-27,35,42-49,64,73H,6-9,15-16,20-21,23,28-34H2,1-5H3,(H2,62,77)(H,63,78)(H,65,74)(H,66,79)(H,67,82)(H,68,83)(H,69,84)(H,70,81)(H,71,80)(H,72,85)(H,75,76)/t42-,43-,44-,45+,46+,47+,48-,49-/m0/s1. The monoisotopic (exact) mass is 1190 g/mol. The molecule has 1 fully saturated rings. The Morgan fingerprint density at radius 2 is 1.33 bits per heavy atom. The number of benzene rings is 3. The van der Waals surface area contributed by atoms with Crippen LogP contribution in [0.25, 0.3) is 10.9 Å². The average Bonchev–Trinajstić information content (AvgIpc) is 3.93. The van der Waals surface area contributed by atoms with Crippen LogP contribution in [0.15, 0.2) is 85.1 Å². The number of para-hydroxylation sites is 1. The largest absolute Gasteiger partial charge is 0.508 e. The van der Waals surface area contributed by atoms with Gasteiger partial charge in [0.25, 0.3) is 0 Å². The molecule has 0 aliphatic carbocycles. The van der Waals surface area contributed by atoms with E-state index in [4.69, 9.17) is 10.5 Å². The molecule has 0 saturated carbocycles. The van der Waals surface area contributed by atoms with Crippen molar-refractivity contribution in [1.82, 2.24) is 52.8 Å². The third kappa shape index (κ3) is 22.5. The number of aliphatic carboxylic acids is 1. The number of carbonyl (C=O) groups excluding carboxylic acids is 10. The van der Waals surface area contributed by atoms with Gasteiger partial charge in [0.05, 0.1) is 6.42 Å². The first-order valence-electron chi connectivity index (χ1n) is 29.2. The number of carbonyl (C=O) groups is 11. The zero-order valence-corrected chi connectivity index (χ0v) is 49.4. The molecule has 0 bridgehead atoms. The molecule has 3 aromatic carbocycles. The van der Waals surface area contributed by atoms with Crippen LogP contribution in [0.1, 0.15) is 128 Å². The molecule has 14 N–H and O–H groups in total. The molecule has 25 heteroatoms. The van der Waals surface area contributed by atoms with Crippen molar-refractivity contribution in [3.8, 4) is 5.75 Å². The molecule has 86 heavy (non-hydrogen) atoms. The fourth-order valence-electron chi connectivity index (χ4n) is 9.59. The number of unbranched alkanes of at least 4 members (excludes halogenated alkanes) is 2. The average molecular weight is 1190 g/mol. The van der Waals surface area contributed by atoms with E-state index in [2.05, 4.69) is 52.8 Å². The third-order valence-electron chi connectivity index (χ3n) is 14.2. The lowest BCUT2D eigenvalue weighted by molar-refractivity contribution is -0.141. The Bertz CT molecular complexity index is 2980. The van der Waals surface area contributed by atoms with Gasteiger partial charge in [0, 0.05) is 49.3 Å². The number of aromatic nitrogens is 1. The Labute approximate surface area is 499 Å². The van der Waals surface area contributed by atoms with E-state index in [9.17, 15) is 63.0 Å². The minimum Gasteiger partial charge on any atom is -0.508 e. The second kappa shape index (κ2) is 33.5. The highest BCUT2D eigenvalue weighted by atomic mass is 16.6. The van der Waals surface area contributed by atoms with Crippen LogP contribution in [0.2, 0.25) is 0 Å². The van der Waals surface area contributed by atoms with Crippen LogP contribution in [0, 0.1) is 0 Å². The number of ether oxygens (including phenoxy) is 1. The second-order valence-corrected chi connectivity index (χ2v) is 22.4. The number of aromatic hydroxyl groups is 1. The zero-order chi connectivity index (χ0) is 62.9. The van der Waals surface area contributed by atoms with Crippen molar-refractivity contribution < 1.29 is 67.7 Å². The Balaban J connectivity index is 1.47. The maximum absolute atomic E-state index is 14.9. The van der Waals surface area contributed by atoms with Gasteiger partial charge in [-0.1, -0.05) is 100 Å². The normalized spacial score (nSPS) is 18.8. The molecule has 25 nitrogen and oxygen atoms in total. The van der Waals surface area contributed by atoms with E-state index in [0.29, 0.717) is 53.3 Å². The van der Waals surface area contributed by atoms with Crippen LogP contribution >= 0.6 is 0 Å². The lowest BCUT2D eigenvalue weighted by Gasteiger charge is -2.28. The Morgan fingerprint density at radius 1 is 0.686 bits per heavy atom. The molecule has 10 amide bonds. The van der Waals surface area contributed by atoms with E-state index in [0.717, 1.165) is 0 Å². The summed E-state index contributed by atoms with van der Waals surface area (Å²) >= 11 is 0. The van der Waals surface area contributed by atoms with Crippen molar-refractivity contribution in [2.75, 3.05) is 6.54 Å². The van der Waals surface area contributed by atoms with E-state index in [1.807, 2.05) is 19.9 Å². The summed E-state index contributed by atoms with van der Waals surface area (Å²) in [6.45, 7) is 8.66. The molecule has 8 atom stereocenters. The number of hydrogen-bond donors (Lipinski definition) is 13. The van der Waals surface area contributed by atoms with Gasteiger partial charge in [-0.3, -0.25) is 47.9 Å². The number of H-pyrrole nitrogens is 1. The molecule has 466 valence electrons. The SMILES string of the molecule is CCCC[C@H](NC(=O)[C@H](Cc1c[nH]c2ccccc12)NC(=O)[C@@H]1CCCCNC(=O)[C@H](NC(=O)OC(C)(C)C)CCC(=O)N[C@H](Cc2ccc(O)cc2)C(=O)N[C@@H](CCCC)C(=O)N1)C(=O)N[C@@H](CC(=O)O)C(=O)N[C@H](Cc1ccccc1)C(N)=O. The molecular weight excluding hydrogens is 1110 g/mol. The van der Waals surface area contributed by atoms with Gasteiger partial charge in [-0.25, -0.2) is 4.79 Å². The molecule has 1 saturated heterocycles. The van der Waals surface area contributed by atoms with Gasteiger partial charge in [-0.15, -0.1) is 0 Å². The van der Waals surface area contributed by atoms with Gasteiger partial charge in [0.1, 0.15) is 59.7 Å². The smallest absolute Gasteiger partial charge is 0.408 e. The number of fused-ring (bicyclic) bond motifs is 1. The Hall–Kier alpha value is -9.03. The predicted octanol–water partition coefficient (Wildman–Crippen LogP) is 2.61. The van der Waals surface area contributed by atoms with E-state index in [1.54, 1.807) is 87.6 Å². The Kier molecular flexibility index (Phi) is 26.4. The quantitative estimate of drug-likeness (QED) is 0.0480. The number of phenolic OH excluding ortho intramolecular Hbond substituents is 1. The van der Waals surface area contributed by atoms with Crippen LogP contribution < -0.4 is 53.6 Å². The molecule has 1 aliphatic rings. The molecular formula is C61H83N11O14. The van der Waals surface area contributed by atoms with Crippen molar-refractivity contribution >= 4 is 76.1 Å². The highest BCUT2D eigenvalue weighted by Gasteiger charge is 2.36. The Morgan fingerprint density at radius 3 is 2.00 bits per heavy atom. The first-order valence-corrected chi connectivity index (χ1v) is 29.2. The first-order chi connectivity index (χ1) is 40.9. The number of primary amides is 1. The van der Waals surface area contributed by atoms with Gasteiger partial charge < -0.3 is 73.5 Å². The van der Waals surface area contributed by atoms with Crippen molar-refractivity contribution in [2.24, 2.45) is 5.73 Å². The lowest BCUT2D eigenvalue weighted by atomic mass is 10.0. The van der Waals surface area contributed by atoms with Crippen molar-refractivity contribution in [3.05, 3.63) is 102 Å². The molecule has 4 aromatic rings. The number of rotatable bonds is 24. The van der Waals surface area contributed by atoms with Crippen molar-refractivity contribution in [3.63, 3.8) is 0 Å². The molecule has 0 radical (unpaired) electrons. The summed E-state index contributed by atoms with van der Waals surface area (Å²) in [6, 6.07) is 10.6. The summed E-state index contributed by atoms with van der Waals surface area (Å²) in [6.07, 6.45) is 1.39. The summed E-state index contributed by atoms with van der Waals surface area (Å²) in [5.74, 6) is -8.94. The van der Waals surface area contributed by atoms with Gasteiger partial charge >= 0.3 is 12.1 Å². The number of nitrogens with two attached hydrogens (primary N) is 1. The lowest BCUT2D eigenvalue weighted by Crippen LogP contribution is -2.60. The van der Waals surface area contributed by atoms with Crippen LogP contribution in [-0.2, 0) is 71.9 Å². The van der Waals surface area contributed by atoms with E-state index in [-0.39, 0.29) is 76.5 Å². The number of hydrogen-bond acceptors (Lipinski definition) is 13. The fraction of sp³-hybridized carbons (Fsp3) is 0.492. The van der Waals surface area contributed by atoms with Crippen LogP contribution in [0.4, 0.5) is 4.79 Å². The molecule has 1 aliphatic heterocycles. The fourth-order valence-corrected chi connectivity index (χ4v) is 9.59. The molecule has 0 unspecified atom stereocenters. The highest BCUT2D eigenvalue weighted by Crippen LogP contribution is 2.21. The van der Waals surface area contributed by atoms with Gasteiger partial charge in [0.15, 0.2) is 0 Å². The molecule has 2 heterocycles. The van der Waals surface area contributed by atoms with Crippen LogP contribution in [0.5, 0.6) is 5.75 Å². The first kappa shape index (κ1) is 67.8. The summed E-state index contributed by atoms with van der Waals surface area (Å²) < 4.78 is 5.40. The zero-order valence-electron chi connectivity index (χ0n) is 49.4. The summed E-state index contributed by atoms with van der Waals surface area (Å²) in [4.78, 5) is 155. The number of carboxylic acids is 1. The minimum absolute atomic E-state index is 0.00146. The second-order valence-electron chi connectivity index (χ2n) is 22.4. The molecule has 1 aromatic heterocycles. The maximum atomic E-state index is 14.9. The summed E-state index contributed by atoms with van der Waals surface area (Å²) in [5.41, 5.74) is 7.17. The summed E-state index contributed by atoms with van der Waals surface area (Å²) in [5, 5.41) is 44.5. The number of amides is 10. The van der Waals surface area contributed by atoms with E-state index >= 15 is 0 Å². The topological polar surface area (TPSA) is 388 Å². The number of aromatic amines is 1. The van der Waals surface area contributed by atoms with Gasteiger partial charge in [0.2, 0.25) is 53.2 Å². The predicted molar refractivity (Wildman–Crippen MR) is 317 cm³/mol. The molecule has 5 rings (SSSR count). The van der Waals surface area contributed by atoms with Gasteiger partial charge in [-0.05, 0) is 94.2 Å². The number of alkyl carbamates (subject to hydrolysis) is 1. The number of nitrogens with one attached hydrogen (secondary N) is 10. The van der Waals surface area contributed by atoms with Crippen molar-refractivity contribution in [2.45, 2.75) is 185 Å². The number of phenols is 1. The van der Waals surface area contributed by atoms with Crippen molar-refractivity contribution in [1.29, 1.82) is 0 Å². The maximum Gasteiger partial charge on any atom is 0.408 e. The van der Waals surface area contributed by atoms with Crippen LogP contribution in [-0.4, -0.2) is 141 Å². The number of carboxylic acid groups (broad SMARTS) is 1. The summed E-state index contributed by atoms with van der Waals surface area (Å²) in [7, 11) is 0. The molecule has 0 spiro atoms. The third-order valence-corrected chi connectivity index (χ3v) is 14.2. The minimum atomic E-state index is -1.74. The van der Waals surface area contributed by atoms with Gasteiger partial charge in [-0.2, -0.15) is 0 Å². The van der Waals surface area contributed by atoms with E-state index in [1.165, 1.54) is 12.1 Å². The van der Waals surface area contributed by atoms with E-state index < -0.39 is 126 Å². The van der Waals surface area contributed by atoms with Crippen LogP contribution in [0.3, 0.4) is 0 Å². The highest BCUT2D eigenvalue weighted by molar-refractivity contribution is 5.99.